The van der Waals surface area contributed by atoms with Gasteiger partial charge >= 0.3 is 5.97 Å². The van der Waals surface area contributed by atoms with Gasteiger partial charge in [0.1, 0.15) is 0 Å². The summed E-state index contributed by atoms with van der Waals surface area (Å²) in [4.78, 5) is 25.2. The van der Waals surface area contributed by atoms with E-state index in [2.05, 4.69) is 5.10 Å². The van der Waals surface area contributed by atoms with Crippen LogP contribution in [-0.2, 0) is 22.5 Å². The van der Waals surface area contributed by atoms with Gasteiger partial charge < -0.3 is 14.7 Å². The topological polar surface area (TPSA) is 84.7 Å². The average Bonchev–Trinajstić information content (AvgIpc) is 2.90. The van der Waals surface area contributed by atoms with E-state index in [4.69, 9.17) is 4.74 Å². The zero-order chi connectivity index (χ0) is 14.1. The molecule has 2 aliphatic rings. The lowest BCUT2D eigenvalue weighted by Crippen LogP contribution is -2.52. The molecule has 2 aliphatic heterocycles. The molecule has 1 unspecified atom stereocenters. The number of aryl methyl sites for hydroxylation is 1. The number of aromatic nitrogens is 2. The molecule has 1 fully saturated rings. The second kappa shape index (κ2) is 5.24. The highest BCUT2D eigenvalue weighted by Gasteiger charge is 2.35. The quantitative estimate of drug-likeness (QED) is 0.832. The van der Waals surface area contributed by atoms with Crippen molar-refractivity contribution in [2.45, 2.75) is 31.8 Å². The van der Waals surface area contributed by atoms with Crippen LogP contribution in [0.3, 0.4) is 0 Å². The van der Waals surface area contributed by atoms with Gasteiger partial charge in [-0.2, -0.15) is 5.10 Å². The molecule has 7 nitrogen and oxygen atoms in total. The van der Waals surface area contributed by atoms with Crippen LogP contribution in [0.4, 0.5) is 0 Å². The summed E-state index contributed by atoms with van der Waals surface area (Å²) in [5.41, 5.74) is 1.47. The summed E-state index contributed by atoms with van der Waals surface area (Å²) in [5, 5.41) is 13.4. The first kappa shape index (κ1) is 13.1. The highest BCUT2D eigenvalue weighted by Crippen LogP contribution is 2.21. The number of carbonyl (C=O) groups excluding carboxylic acids is 1. The summed E-state index contributed by atoms with van der Waals surface area (Å²) in [5.74, 6) is -1.28. The first-order valence-electron chi connectivity index (χ1n) is 6.84. The van der Waals surface area contributed by atoms with Gasteiger partial charge in [0.15, 0.2) is 6.04 Å². The molecule has 0 radical (unpaired) electrons. The Kier molecular flexibility index (Phi) is 3.43. The smallest absolute Gasteiger partial charge is 0.328 e. The number of nitrogens with zero attached hydrogens (tertiary/aromatic N) is 3. The van der Waals surface area contributed by atoms with Crippen molar-refractivity contribution < 1.29 is 19.4 Å². The number of hydrogen-bond donors (Lipinski definition) is 1. The Balaban J connectivity index is 1.87. The number of ether oxygens (including phenoxy) is 1. The maximum absolute atomic E-state index is 12.6. The molecule has 1 amide bonds. The third-order valence-corrected chi connectivity index (χ3v) is 3.89. The number of carbonyl (C=O) groups is 2. The van der Waals surface area contributed by atoms with Gasteiger partial charge in [-0.1, -0.05) is 0 Å². The van der Waals surface area contributed by atoms with E-state index in [1.807, 2.05) is 4.68 Å². The molecular weight excluding hydrogens is 262 g/mol. The van der Waals surface area contributed by atoms with Crippen LogP contribution >= 0.6 is 0 Å². The van der Waals surface area contributed by atoms with Gasteiger partial charge in [-0.25, -0.2) is 4.79 Å². The van der Waals surface area contributed by atoms with Gasteiger partial charge in [0.25, 0.3) is 5.91 Å². The van der Waals surface area contributed by atoms with Crippen LogP contribution < -0.4 is 0 Å². The van der Waals surface area contributed by atoms with Crippen LogP contribution in [0.25, 0.3) is 0 Å². The van der Waals surface area contributed by atoms with E-state index in [-0.39, 0.29) is 12.5 Å². The highest BCUT2D eigenvalue weighted by atomic mass is 16.5. The number of hydrogen-bond acceptors (Lipinski definition) is 4. The van der Waals surface area contributed by atoms with E-state index in [1.165, 1.54) is 4.90 Å². The van der Waals surface area contributed by atoms with Gasteiger partial charge in [0.2, 0.25) is 0 Å². The molecular formula is C13H17N3O4. The van der Waals surface area contributed by atoms with Crippen molar-refractivity contribution in [2.75, 3.05) is 19.8 Å². The molecule has 0 bridgehead atoms. The van der Waals surface area contributed by atoms with Gasteiger partial charge in [-0.3, -0.25) is 9.48 Å². The maximum Gasteiger partial charge on any atom is 0.328 e. The fourth-order valence-electron chi connectivity index (χ4n) is 2.81. The molecule has 1 aromatic rings. The number of carboxylic acid groups (broad SMARTS) is 1. The van der Waals surface area contributed by atoms with Gasteiger partial charge in [0.05, 0.1) is 30.7 Å². The Hall–Kier alpha value is -1.89. The molecule has 3 rings (SSSR count). The largest absolute Gasteiger partial charge is 0.480 e. The summed E-state index contributed by atoms with van der Waals surface area (Å²) in [6, 6.07) is -0.907. The molecule has 0 aromatic carbocycles. The van der Waals surface area contributed by atoms with E-state index in [1.54, 1.807) is 6.20 Å². The van der Waals surface area contributed by atoms with Crippen molar-refractivity contribution in [2.24, 2.45) is 0 Å². The van der Waals surface area contributed by atoms with Crippen LogP contribution in [0.2, 0.25) is 0 Å². The van der Waals surface area contributed by atoms with Gasteiger partial charge in [-0.05, 0) is 19.3 Å². The first-order valence-corrected chi connectivity index (χ1v) is 6.84. The summed E-state index contributed by atoms with van der Waals surface area (Å²) in [6.07, 6.45) is 4.50. The molecule has 3 heterocycles. The number of carboxylic acids is 1. The van der Waals surface area contributed by atoms with E-state index in [9.17, 15) is 14.7 Å². The monoisotopic (exact) mass is 279 g/mol. The summed E-state index contributed by atoms with van der Waals surface area (Å²) >= 11 is 0. The molecule has 1 aromatic heterocycles. The normalized spacial score (nSPS) is 22.4. The number of rotatable bonds is 2. The predicted octanol–water partition coefficient (Wildman–Crippen LogP) is 0.145. The Labute approximate surface area is 116 Å². The molecule has 0 saturated carbocycles. The SMILES string of the molecule is O=C(O)C1COCCN1C(=O)c1cnn2c1CCCC2. The minimum absolute atomic E-state index is 0.0462. The summed E-state index contributed by atoms with van der Waals surface area (Å²) < 4.78 is 7.01. The molecule has 0 aliphatic carbocycles. The molecule has 0 spiro atoms. The second-order valence-electron chi connectivity index (χ2n) is 5.11. The van der Waals surface area contributed by atoms with Crippen LogP contribution in [0.1, 0.15) is 28.9 Å². The van der Waals surface area contributed by atoms with Gasteiger partial charge in [0, 0.05) is 13.1 Å². The lowest BCUT2D eigenvalue weighted by Gasteiger charge is -2.33. The van der Waals surface area contributed by atoms with Gasteiger partial charge in [-0.15, -0.1) is 0 Å². The molecule has 20 heavy (non-hydrogen) atoms. The number of amides is 1. The fraction of sp³-hybridized carbons (Fsp3) is 0.615. The molecule has 108 valence electrons. The second-order valence-corrected chi connectivity index (χ2v) is 5.11. The minimum atomic E-state index is -1.03. The Bertz CT molecular complexity index is 540. The minimum Gasteiger partial charge on any atom is -0.480 e. The van der Waals surface area contributed by atoms with Crippen LogP contribution in [-0.4, -0.2) is 57.5 Å². The summed E-state index contributed by atoms with van der Waals surface area (Å²) in [6.45, 7) is 1.55. The lowest BCUT2D eigenvalue weighted by atomic mass is 10.1. The predicted molar refractivity (Wildman–Crippen MR) is 68.4 cm³/mol. The number of fused-ring (bicyclic) bond motifs is 1. The zero-order valence-corrected chi connectivity index (χ0v) is 11.1. The van der Waals surface area contributed by atoms with Crippen LogP contribution in [0.5, 0.6) is 0 Å². The Morgan fingerprint density at radius 3 is 3.00 bits per heavy atom. The van der Waals surface area contributed by atoms with Crippen molar-refractivity contribution in [3.8, 4) is 0 Å². The molecule has 1 N–H and O–H groups in total. The van der Waals surface area contributed by atoms with Crippen molar-refractivity contribution in [1.82, 2.24) is 14.7 Å². The Morgan fingerprint density at radius 1 is 1.35 bits per heavy atom. The zero-order valence-electron chi connectivity index (χ0n) is 11.1. The van der Waals surface area contributed by atoms with Crippen LogP contribution in [0.15, 0.2) is 6.20 Å². The lowest BCUT2D eigenvalue weighted by molar-refractivity contribution is -0.147. The number of aliphatic carboxylic acids is 1. The fourth-order valence-corrected chi connectivity index (χ4v) is 2.81. The number of morpholine rings is 1. The first-order chi connectivity index (χ1) is 9.68. The standard InChI is InChI=1S/C13H17N3O4/c17-12(15-5-6-20-8-11(15)13(18)19)9-7-14-16-4-2-1-3-10(9)16/h7,11H,1-6,8H2,(H,18,19). The average molecular weight is 279 g/mol. The van der Waals surface area contributed by atoms with Crippen molar-refractivity contribution in [1.29, 1.82) is 0 Å². The Morgan fingerprint density at radius 2 is 2.20 bits per heavy atom. The van der Waals surface area contributed by atoms with Crippen LogP contribution in [0, 0.1) is 0 Å². The van der Waals surface area contributed by atoms with Crippen molar-refractivity contribution in [3.05, 3.63) is 17.5 Å². The van der Waals surface area contributed by atoms with Crippen molar-refractivity contribution >= 4 is 11.9 Å². The van der Waals surface area contributed by atoms with E-state index in [0.717, 1.165) is 31.5 Å². The van der Waals surface area contributed by atoms with E-state index in [0.29, 0.717) is 18.7 Å². The molecule has 1 saturated heterocycles. The maximum atomic E-state index is 12.6. The molecule has 1 atom stereocenters. The third kappa shape index (κ3) is 2.18. The summed E-state index contributed by atoms with van der Waals surface area (Å²) in [7, 11) is 0. The third-order valence-electron chi connectivity index (χ3n) is 3.89. The van der Waals surface area contributed by atoms with E-state index < -0.39 is 12.0 Å². The molecule has 7 heteroatoms. The van der Waals surface area contributed by atoms with Crippen molar-refractivity contribution in [3.63, 3.8) is 0 Å². The van der Waals surface area contributed by atoms with E-state index >= 15 is 0 Å². The highest BCUT2D eigenvalue weighted by molar-refractivity contribution is 5.97.